The van der Waals surface area contributed by atoms with Crippen molar-refractivity contribution in [2.24, 2.45) is 0 Å². The number of nitrogens with one attached hydrogen (secondary N) is 1. The van der Waals surface area contributed by atoms with Gasteiger partial charge in [-0.3, -0.25) is 10.1 Å². The number of aryl methyl sites for hydroxylation is 3. The summed E-state index contributed by atoms with van der Waals surface area (Å²) in [6.45, 7) is 6.04. The second kappa shape index (κ2) is 3.89. The van der Waals surface area contributed by atoms with Gasteiger partial charge in [-0.25, -0.2) is 4.98 Å². The van der Waals surface area contributed by atoms with Crippen LogP contribution in [0.15, 0.2) is 24.4 Å². The SMILES string of the molecule is Cc1cnc(Nn2c(C)ccc2C)c(N)c1. The van der Waals surface area contributed by atoms with E-state index in [9.17, 15) is 0 Å². The minimum Gasteiger partial charge on any atom is -0.396 e. The molecule has 0 aliphatic rings. The average molecular weight is 216 g/mol. The van der Waals surface area contributed by atoms with Gasteiger partial charge in [-0.1, -0.05) is 0 Å². The number of rotatable bonds is 2. The molecule has 4 heteroatoms. The Balaban J connectivity index is 2.34. The van der Waals surface area contributed by atoms with Gasteiger partial charge in [0, 0.05) is 17.6 Å². The quantitative estimate of drug-likeness (QED) is 0.809. The molecule has 2 rings (SSSR count). The second-order valence-corrected chi connectivity index (χ2v) is 4.01. The smallest absolute Gasteiger partial charge is 0.168 e. The molecular formula is C12H16N4. The number of aromatic nitrogens is 2. The third-order valence-corrected chi connectivity index (χ3v) is 2.54. The summed E-state index contributed by atoms with van der Waals surface area (Å²) < 4.78 is 1.97. The molecule has 2 aromatic rings. The van der Waals surface area contributed by atoms with E-state index in [0.29, 0.717) is 11.5 Å². The fourth-order valence-electron chi connectivity index (χ4n) is 1.64. The molecule has 4 nitrogen and oxygen atoms in total. The summed E-state index contributed by atoms with van der Waals surface area (Å²) in [6.07, 6.45) is 1.80. The van der Waals surface area contributed by atoms with E-state index in [1.54, 1.807) is 6.20 Å². The first-order valence-corrected chi connectivity index (χ1v) is 5.22. The molecule has 0 aromatic carbocycles. The van der Waals surface area contributed by atoms with Gasteiger partial charge in [0.15, 0.2) is 5.82 Å². The van der Waals surface area contributed by atoms with Gasteiger partial charge in [-0.15, -0.1) is 0 Å². The number of anilines is 2. The maximum absolute atomic E-state index is 5.90. The van der Waals surface area contributed by atoms with Crippen LogP contribution in [-0.4, -0.2) is 9.66 Å². The van der Waals surface area contributed by atoms with Crippen LogP contribution in [0.4, 0.5) is 11.5 Å². The van der Waals surface area contributed by atoms with E-state index in [1.165, 1.54) is 0 Å². The number of nitrogen functional groups attached to an aromatic ring is 1. The van der Waals surface area contributed by atoms with E-state index in [1.807, 2.05) is 43.6 Å². The first-order chi connectivity index (χ1) is 7.58. The summed E-state index contributed by atoms with van der Waals surface area (Å²) in [5.74, 6) is 0.688. The van der Waals surface area contributed by atoms with Crippen molar-refractivity contribution < 1.29 is 0 Å². The van der Waals surface area contributed by atoms with Gasteiger partial charge in [-0.2, -0.15) is 0 Å². The molecule has 0 saturated carbocycles. The van der Waals surface area contributed by atoms with E-state index in [-0.39, 0.29) is 0 Å². The van der Waals surface area contributed by atoms with E-state index in [4.69, 9.17) is 5.73 Å². The molecule has 0 saturated heterocycles. The molecule has 2 aromatic heterocycles. The Morgan fingerprint density at radius 2 is 1.81 bits per heavy atom. The van der Waals surface area contributed by atoms with Crippen LogP contribution in [0, 0.1) is 20.8 Å². The molecular weight excluding hydrogens is 200 g/mol. The highest BCUT2D eigenvalue weighted by atomic mass is 15.4. The van der Waals surface area contributed by atoms with Crippen molar-refractivity contribution in [3.63, 3.8) is 0 Å². The summed E-state index contributed by atoms with van der Waals surface area (Å²) in [5.41, 5.74) is 13.1. The molecule has 0 aliphatic heterocycles. The van der Waals surface area contributed by atoms with E-state index in [2.05, 4.69) is 10.4 Å². The van der Waals surface area contributed by atoms with Gasteiger partial charge in [0.1, 0.15) is 0 Å². The molecule has 0 spiro atoms. The van der Waals surface area contributed by atoms with E-state index < -0.39 is 0 Å². The minimum absolute atomic E-state index is 0.660. The molecule has 0 atom stereocenters. The van der Waals surface area contributed by atoms with Crippen molar-refractivity contribution >= 4 is 11.5 Å². The molecule has 3 N–H and O–H groups in total. The zero-order valence-corrected chi connectivity index (χ0v) is 9.78. The zero-order valence-electron chi connectivity index (χ0n) is 9.78. The van der Waals surface area contributed by atoms with Gasteiger partial charge in [0.05, 0.1) is 5.69 Å². The van der Waals surface area contributed by atoms with Gasteiger partial charge < -0.3 is 5.73 Å². The van der Waals surface area contributed by atoms with Crippen LogP contribution >= 0.6 is 0 Å². The molecule has 16 heavy (non-hydrogen) atoms. The molecule has 84 valence electrons. The van der Waals surface area contributed by atoms with Crippen LogP contribution in [0.3, 0.4) is 0 Å². The summed E-state index contributed by atoms with van der Waals surface area (Å²) in [6, 6.07) is 6.00. The maximum atomic E-state index is 5.90. The molecule has 0 radical (unpaired) electrons. The van der Waals surface area contributed by atoms with Gasteiger partial charge in [-0.05, 0) is 44.5 Å². The monoisotopic (exact) mass is 216 g/mol. The van der Waals surface area contributed by atoms with Crippen molar-refractivity contribution in [1.82, 2.24) is 9.66 Å². The predicted molar refractivity (Wildman–Crippen MR) is 66.3 cm³/mol. The van der Waals surface area contributed by atoms with Crippen LogP contribution in [0.5, 0.6) is 0 Å². The lowest BCUT2D eigenvalue weighted by Crippen LogP contribution is -2.14. The van der Waals surface area contributed by atoms with Crippen LogP contribution in [-0.2, 0) is 0 Å². The summed E-state index contributed by atoms with van der Waals surface area (Å²) >= 11 is 0. The highest BCUT2D eigenvalue weighted by molar-refractivity contribution is 5.61. The Kier molecular flexibility index (Phi) is 2.56. The summed E-state index contributed by atoms with van der Waals surface area (Å²) in [7, 11) is 0. The largest absolute Gasteiger partial charge is 0.396 e. The Bertz CT molecular complexity index is 494. The fourth-order valence-corrected chi connectivity index (χ4v) is 1.64. The molecule has 0 aliphatic carbocycles. The normalized spacial score (nSPS) is 10.4. The van der Waals surface area contributed by atoms with Gasteiger partial charge >= 0.3 is 0 Å². The van der Waals surface area contributed by atoms with Crippen LogP contribution in [0.2, 0.25) is 0 Å². The van der Waals surface area contributed by atoms with Gasteiger partial charge in [0.2, 0.25) is 0 Å². The Morgan fingerprint density at radius 3 is 2.38 bits per heavy atom. The van der Waals surface area contributed by atoms with Crippen molar-refractivity contribution in [3.8, 4) is 0 Å². The number of hydrogen-bond donors (Lipinski definition) is 2. The van der Waals surface area contributed by atoms with Crippen molar-refractivity contribution in [2.75, 3.05) is 11.2 Å². The molecule has 0 amide bonds. The molecule has 0 fully saturated rings. The summed E-state index contributed by atoms with van der Waals surface area (Å²) in [5, 5.41) is 0. The van der Waals surface area contributed by atoms with Crippen LogP contribution in [0.25, 0.3) is 0 Å². The van der Waals surface area contributed by atoms with Crippen molar-refractivity contribution in [1.29, 1.82) is 0 Å². The predicted octanol–water partition coefficient (Wildman–Crippen LogP) is 2.27. The first kappa shape index (κ1) is 10.5. The lowest BCUT2D eigenvalue weighted by atomic mass is 10.3. The standard InChI is InChI=1S/C12H16N4/c1-8-6-11(13)12(14-7-8)15-16-9(2)4-5-10(16)3/h4-7H,13H2,1-3H3,(H,14,15). The lowest BCUT2D eigenvalue weighted by molar-refractivity contribution is 0.871. The summed E-state index contributed by atoms with van der Waals surface area (Å²) in [4.78, 5) is 4.28. The highest BCUT2D eigenvalue weighted by Crippen LogP contribution is 2.17. The third-order valence-electron chi connectivity index (χ3n) is 2.54. The van der Waals surface area contributed by atoms with Crippen molar-refractivity contribution in [2.45, 2.75) is 20.8 Å². The molecule has 0 bridgehead atoms. The Labute approximate surface area is 95.1 Å². The lowest BCUT2D eigenvalue weighted by Gasteiger charge is -2.13. The minimum atomic E-state index is 0.660. The highest BCUT2D eigenvalue weighted by Gasteiger charge is 2.04. The first-order valence-electron chi connectivity index (χ1n) is 5.22. The fraction of sp³-hybridized carbons (Fsp3) is 0.250. The molecule has 0 unspecified atom stereocenters. The zero-order chi connectivity index (χ0) is 11.7. The number of hydrogen-bond acceptors (Lipinski definition) is 3. The van der Waals surface area contributed by atoms with Crippen LogP contribution in [0.1, 0.15) is 17.0 Å². The maximum Gasteiger partial charge on any atom is 0.168 e. The molecule has 2 heterocycles. The number of nitrogens with two attached hydrogens (primary N) is 1. The topological polar surface area (TPSA) is 55.9 Å². The van der Waals surface area contributed by atoms with Crippen molar-refractivity contribution in [3.05, 3.63) is 41.3 Å². The van der Waals surface area contributed by atoms with Crippen LogP contribution < -0.4 is 11.2 Å². The Hall–Kier alpha value is -1.97. The average Bonchev–Trinajstić information content (AvgIpc) is 2.53. The number of pyridine rings is 1. The Morgan fingerprint density at radius 1 is 1.19 bits per heavy atom. The number of nitrogens with zero attached hydrogens (tertiary/aromatic N) is 2. The van der Waals surface area contributed by atoms with Gasteiger partial charge in [0.25, 0.3) is 0 Å². The third kappa shape index (κ3) is 1.86. The van der Waals surface area contributed by atoms with E-state index in [0.717, 1.165) is 17.0 Å². The van der Waals surface area contributed by atoms with E-state index >= 15 is 0 Å². The second-order valence-electron chi connectivity index (χ2n) is 4.01.